The van der Waals surface area contributed by atoms with Gasteiger partial charge in [0.15, 0.2) is 18.7 Å². The molecule has 0 aromatic carbocycles. The molecule has 0 spiro atoms. The van der Waals surface area contributed by atoms with Crippen LogP contribution in [0.15, 0.2) is 24.3 Å². The van der Waals surface area contributed by atoms with Crippen molar-refractivity contribution in [3.05, 3.63) is 24.3 Å². The SMILES string of the molecule is CCCCC/C=C\C/C=C\CCCCCCCCCCCC(=O)OC(COC(=O)CCCCCCCCCCCCCCCCCCCCCCC)COC1OC(COC2OC(CO)C(O)C(O)C2O)C(O)C(O)C1O. The van der Waals surface area contributed by atoms with E-state index in [2.05, 4.69) is 38.2 Å². The van der Waals surface area contributed by atoms with Crippen molar-refractivity contribution in [1.29, 1.82) is 0 Å². The van der Waals surface area contributed by atoms with Gasteiger partial charge in [-0.25, -0.2) is 0 Å². The van der Waals surface area contributed by atoms with Gasteiger partial charge in [-0.1, -0.05) is 224 Å². The lowest BCUT2D eigenvalue weighted by Gasteiger charge is -2.42. The van der Waals surface area contributed by atoms with Gasteiger partial charge in [0, 0.05) is 12.8 Å². The van der Waals surface area contributed by atoms with Gasteiger partial charge in [0.25, 0.3) is 0 Å². The van der Waals surface area contributed by atoms with Crippen LogP contribution in [0.4, 0.5) is 0 Å². The zero-order chi connectivity index (χ0) is 55.3. The minimum atomic E-state index is -1.76. The average molecular weight is 1090 g/mol. The molecule has 2 saturated heterocycles. The summed E-state index contributed by atoms with van der Waals surface area (Å²) < 4.78 is 33.8. The first-order valence-corrected chi connectivity index (χ1v) is 30.9. The molecule has 2 heterocycles. The standard InChI is InChI=1S/C61H112O15/c1-3-5-7-9-11-13-15-17-19-21-23-24-26-27-29-31-33-35-37-39-41-43-52(63)71-46-49(74-53(64)44-42-40-38-36-34-32-30-28-25-22-20-18-16-14-12-10-8-6-4-2)47-72-60-59(70)57(68)55(66)51(76-60)48-73-61-58(69)56(67)54(65)50(45-62)75-61/h12,14,18,20,49-51,54-62,65-70H,3-11,13,15-17,19,21-48H2,1-2H3/b14-12-,20-18-. The Morgan fingerprint density at radius 2 is 0.789 bits per heavy atom. The van der Waals surface area contributed by atoms with Gasteiger partial charge >= 0.3 is 11.9 Å². The Balaban J connectivity index is 1.72. The fraction of sp³-hybridized carbons (Fsp3) is 0.902. The van der Waals surface area contributed by atoms with E-state index in [0.717, 1.165) is 57.8 Å². The van der Waals surface area contributed by atoms with Crippen LogP contribution in [0.2, 0.25) is 0 Å². The largest absolute Gasteiger partial charge is 0.462 e. The van der Waals surface area contributed by atoms with Crippen molar-refractivity contribution in [3.63, 3.8) is 0 Å². The topological polar surface area (TPSA) is 231 Å². The second-order valence-corrected chi connectivity index (χ2v) is 21.9. The number of hydrogen-bond donors (Lipinski definition) is 7. The smallest absolute Gasteiger partial charge is 0.306 e. The highest BCUT2D eigenvalue weighted by Crippen LogP contribution is 2.27. The van der Waals surface area contributed by atoms with Crippen molar-refractivity contribution in [2.24, 2.45) is 0 Å². The van der Waals surface area contributed by atoms with Crippen LogP contribution in [0.25, 0.3) is 0 Å². The van der Waals surface area contributed by atoms with E-state index in [0.29, 0.717) is 12.8 Å². The van der Waals surface area contributed by atoms with Crippen molar-refractivity contribution < 1.29 is 73.8 Å². The third-order valence-electron chi connectivity index (χ3n) is 14.9. The Kier molecular flexibility index (Phi) is 44.0. The molecule has 2 rings (SSSR count). The molecular weight excluding hydrogens is 973 g/mol. The van der Waals surface area contributed by atoms with Crippen LogP contribution in [0.1, 0.15) is 258 Å². The van der Waals surface area contributed by atoms with E-state index in [-0.39, 0.29) is 26.1 Å². The fourth-order valence-electron chi connectivity index (χ4n) is 9.90. The van der Waals surface area contributed by atoms with Crippen molar-refractivity contribution in [2.75, 3.05) is 26.4 Å². The van der Waals surface area contributed by atoms with Crippen LogP contribution in [0.5, 0.6) is 0 Å². The molecule has 0 aliphatic carbocycles. The van der Waals surface area contributed by atoms with Gasteiger partial charge in [-0.05, 0) is 44.9 Å². The first kappa shape index (κ1) is 70.1. The van der Waals surface area contributed by atoms with Crippen LogP contribution in [0, 0.1) is 0 Å². The van der Waals surface area contributed by atoms with Gasteiger partial charge in [0.05, 0.1) is 19.8 Å². The molecule has 0 radical (unpaired) electrons. The molecular formula is C61H112O15. The zero-order valence-electron chi connectivity index (χ0n) is 47.8. The summed E-state index contributed by atoms with van der Waals surface area (Å²) in [6.07, 6.45) is 36.2. The molecule has 7 N–H and O–H groups in total. The second-order valence-electron chi connectivity index (χ2n) is 21.9. The first-order valence-electron chi connectivity index (χ1n) is 30.9. The van der Waals surface area contributed by atoms with Crippen molar-refractivity contribution >= 4 is 11.9 Å². The van der Waals surface area contributed by atoms with Crippen molar-refractivity contribution in [3.8, 4) is 0 Å². The molecule has 0 bridgehead atoms. The number of allylic oxidation sites excluding steroid dienone is 4. The van der Waals surface area contributed by atoms with Gasteiger partial charge in [-0.15, -0.1) is 0 Å². The summed E-state index contributed by atoms with van der Waals surface area (Å²) in [5.41, 5.74) is 0. The molecule has 0 saturated carbocycles. The predicted octanol–water partition coefficient (Wildman–Crippen LogP) is 11.1. The quantitative estimate of drug-likeness (QED) is 0.0171. The highest BCUT2D eigenvalue weighted by atomic mass is 16.7. The lowest BCUT2D eigenvalue weighted by molar-refractivity contribution is -0.332. The summed E-state index contributed by atoms with van der Waals surface area (Å²) >= 11 is 0. The second kappa shape index (κ2) is 47.8. The minimum absolute atomic E-state index is 0.164. The van der Waals surface area contributed by atoms with E-state index in [1.54, 1.807) is 0 Å². The summed E-state index contributed by atoms with van der Waals surface area (Å²) in [5.74, 6) is -0.914. The van der Waals surface area contributed by atoms with Crippen LogP contribution in [0.3, 0.4) is 0 Å². The Bertz CT molecular complexity index is 1410. The van der Waals surface area contributed by atoms with E-state index in [1.807, 2.05) is 0 Å². The lowest BCUT2D eigenvalue weighted by atomic mass is 9.98. The number of esters is 2. The van der Waals surface area contributed by atoms with Crippen molar-refractivity contribution in [2.45, 2.75) is 325 Å². The molecule has 2 aliphatic heterocycles. The number of aliphatic hydroxyl groups excluding tert-OH is 7. The van der Waals surface area contributed by atoms with Crippen LogP contribution in [-0.2, 0) is 38.0 Å². The molecule has 2 aliphatic rings. The van der Waals surface area contributed by atoms with E-state index in [1.165, 1.54) is 161 Å². The normalized spacial score (nSPS) is 24.4. The highest BCUT2D eigenvalue weighted by molar-refractivity contribution is 5.70. The van der Waals surface area contributed by atoms with Crippen LogP contribution >= 0.6 is 0 Å². The monoisotopic (exact) mass is 1080 g/mol. The summed E-state index contributed by atoms with van der Waals surface area (Å²) in [7, 11) is 0. The maximum absolute atomic E-state index is 13.1. The van der Waals surface area contributed by atoms with E-state index in [4.69, 9.17) is 28.4 Å². The molecule has 0 amide bonds. The summed E-state index contributed by atoms with van der Waals surface area (Å²) in [6.45, 7) is 2.62. The maximum Gasteiger partial charge on any atom is 0.306 e. The van der Waals surface area contributed by atoms with Crippen LogP contribution in [-0.4, -0.2) is 142 Å². The molecule has 76 heavy (non-hydrogen) atoms. The minimum Gasteiger partial charge on any atom is -0.462 e. The molecule has 11 unspecified atom stereocenters. The Labute approximate surface area is 460 Å². The Hall–Kier alpha value is -2.02. The zero-order valence-corrected chi connectivity index (χ0v) is 47.8. The average Bonchev–Trinajstić information content (AvgIpc) is 3.41. The van der Waals surface area contributed by atoms with Crippen LogP contribution < -0.4 is 0 Å². The first-order chi connectivity index (χ1) is 37.0. The van der Waals surface area contributed by atoms with E-state index < -0.39 is 92.7 Å². The number of rotatable bonds is 50. The molecule has 446 valence electrons. The van der Waals surface area contributed by atoms with Gasteiger partial charge in [0.2, 0.25) is 0 Å². The van der Waals surface area contributed by atoms with E-state index in [9.17, 15) is 45.3 Å². The Morgan fingerprint density at radius 1 is 0.421 bits per heavy atom. The molecule has 15 nitrogen and oxygen atoms in total. The summed E-state index contributed by atoms with van der Waals surface area (Å²) in [5, 5.41) is 72.4. The summed E-state index contributed by atoms with van der Waals surface area (Å²) in [4.78, 5) is 25.9. The molecule has 15 heteroatoms. The summed E-state index contributed by atoms with van der Waals surface area (Å²) in [6, 6.07) is 0. The Morgan fingerprint density at radius 3 is 1.25 bits per heavy atom. The number of carbonyl (C=O) groups is 2. The molecule has 11 atom stereocenters. The van der Waals surface area contributed by atoms with E-state index >= 15 is 0 Å². The number of hydrogen-bond acceptors (Lipinski definition) is 15. The van der Waals surface area contributed by atoms with Crippen molar-refractivity contribution in [1.82, 2.24) is 0 Å². The number of unbranched alkanes of at least 4 members (excludes halogenated alkanes) is 32. The number of ether oxygens (including phenoxy) is 6. The lowest BCUT2D eigenvalue weighted by Crippen LogP contribution is -2.61. The van der Waals surface area contributed by atoms with Gasteiger partial charge in [-0.3, -0.25) is 9.59 Å². The maximum atomic E-state index is 13.1. The fourth-order valence-corrected chi connectivity index (χ4v) is 9.90. The van der Waals surface area contributed by atoms with Gasteiger partial charge in [0.1, 0.15) is 55.4 Å². The van der Waals surface area contributed by atoms with Gasteiger partial charge in [-0.2, -0.15) is 0 Å². The molecule has 0 aromatic rings. The predicted molar refractivity (Wildman–Crippen MR) is 298 cm³/mol. The molecule has 2 fully saturated rings. The highest BCUT2D eigenvalue weighted by Gasteiger charge is 2.47. The number of carbonyl (C=O) groups excluding carboxylic acids is 2. The third-order valence-corrected chi connectivity index (χ3v) is 14.9. The number of aliphatic hydroxyl groups is 7. The molecule has 0 aromatic heterocycles. The van der Waals surface area contributed by atoms with Gasteiger partial charge < -0.3 is 64.2 Å². The third kappa shape index (κ3) is 34.2.